The Kier molecular flexibility index (Phi) is 4.07. The van der Waals surface area contributed by atoms with Gasteiger partial charge < -0.3 is 0 Å². The molecule has 2 rings (SSSR count). The average Bonchev–Trinajstić information content (AvgIpc) is 2.63. The molecule has 0 bridgehead atoms. The molecular formula is C13H10BrFOS. The van der Waals surface area contributed by atoms with Gasteiger partial charge in [-0.25, -0.2) is 4.39 Å². The number of carbonyl (C=O) groups excluding carboxylic acids is 1. The third-order valence-electron chi connectivity index (χ3n) is 2.29. The summed E-state index contributed by atoms with van der Waals surface area (Å²) in [6, 6.07) is 10.0. The van der Waals surface area contributed by atoms with Gasteiger partial charge in [0.2, 0.25) is 0 Å². The third-order valence-corrected chi connectivity index (χ3v) is 3.91. The van der Waals surface area contributed by atoms with Crippen LogP contribution in [-0.4, -0.2) is 5.78 Å². The molecule has 0 spiro atoms. The molecule has 0 atom stereocenters. The van der Waals surface area contributed by atoms with Gasteiger partial charge in [-0.15, -0.1) is 11.3 Å². The Hall–Kier alpha value is -1.000. The largest absolute Gasteiger partial charge is 0.299 e. The van der Waals surface area contributed by atoms with E-state index < -0.39 is 0 Å². The van der Waals surface area contributed by atoms with Gasteiger partial charge in [-0.1, -0.05) is 12.1 Å². The van der Waals surface area contributed by atoms with Gasteiger partial charge in [0.15, 0.2) is 0 Å². The molecule has 1 nitrogen and oxygen atoms in total. The van der Waals surface area contributed by atoms with Gasteiger partial charge >= 0.3 is 0 Å². The van der Waals surface area contributed by atoms with Crippen LogP contribution in [0.4, 0.5) is 4.39 Å². The smallest absolute Gasteiger partial charge is 0.142 e. The van der Waals surface area contributed by atoms with Crippen molar-refractivity contribution in [2.75, 3.05) is 0 Å². The van der Waals surface area contributed by atoms with Gasteiger partial charge in [-0.2, -0.15) is 0 Å². The van der Waals surface area contributed by atoms with Crippen LogP contribution in [0.5, 0.6) is 0 Å². The normalized spacial score (nSPS) is 10.5. The van der Waals surface area contributed by atoms with E-state index in [1.165, 1.54) is 12.1 Å². The molecule has 0 aliphatic carbocycles. The number of halogens is 2. The molecule has 4 heteroatoms. The van der Waals surface area contributed by atoms with Crippen molar-refractivity contribution in [2.24, 2.45) is 0 Å². The Bertz CT molecular complexity index is 536. The fourth-order valence-corrected chi connectivity index (χ4v) is 3.09. The molecule has 1 aromatic heterocycles. The van der Waals surface area contributed by atoms with Crippen molar-refractivity contribution in [3.63, 3.8) is 0 Å². The Labute approximate surface area is 111 Å². The van der Waals surface area contributed by atoms with Crippen LogP contribution >= 0.6 is 27.3 Å². The van der Waals surface area contributed by atoms with E-state index in [4.69, 9.17) is 0 Å². The maximum Gasteiger partial charge on any atom is 0.142 e. The number of hydrogen-bond donors (Lipinski definition) is 0. The number of carbonyl (C=O) groups is 1. The van der Waals surface area contributed by atoms with Crippen LogP contribution in [0.15, 0.2) is 40.2 Å². The number of Topliss-reactive ketones (excluding diaryl/α,β-unsaturated/α-hetero) is 1. The lowest BCUT2D eigenvalue weighted by atomic mass is 10.1. The molecule has 0 N–H and O–H groups in total. The summed E-state index contributed by atoms with van der Waals surface area (Å²) in [6.45, 7) is 0. The first kappa shape index (κ1) is 12.5. The fourth-order valence-electron chi connectivity index (χ4n) is 1.58. The van der Waals surface area contributed by atoms with Gasteiger partial charge in [-0.05, 0) is 45.8 Å². The summed E-state index contributed by atoms with van der Waals surface area (Å²) >= 11 is 4.91. The van der Waals surface area contributed by atoms with Crippen molar-refractivity contribution >= 4 is 33.0 Å². The zero-order valence-electron chi connectivity index (χ0n) is 8.95. The van der Waals surface area contributed by atoms with Crippen molar-refractivity contribution in [1.82, 2.24) is 0 Å². The maximum atomic E-state index is 12.9. The molecule has 0 aliphatic rings. The summed E-state index contributed by atoms with van der Waals surface area (Å²) in [5, 5.41) is 0. The van der Waals surface area contributed by atoms with E-state index in [1.807, 2.05) is 12.1 Å². The van der Waals surface area contributed by atoms with Crippen LogP contribution < -0.4 is 0 Å². The summed E-state index contributed by atoms with van der Waals surface area (Å²) in [5.41, 5.74) is 0.727. The molecule has 1 aromatic carbocycles. The van der Waals surface area contributed by atoms with Crippen LogP contribution in [0, 0.1) is 5.82 Å². The quantitative estimate of drug-likeness (QED) is 0.834. The van der Waals surface area contributed by atoms with Gasteiger partial charge in [0, 0.05) is 17.7 Å². The molecule has 0 saturated heterocycles. The van der Waals surface area contributed by atoms with Gasteiger partial charge in [0.1, 0.15) is 11.6 Å². The lowest BCUT2D eigenvalue weighted by Crippen LogP contribution is -2.05. The highest BCUT2D eigenvalue weighted by Gasteiger charge is 2.07. The van der Waals surface area contributed by atoms with E-state index in [0.717, 1.165) is 14.2 Å². The van der Waals surface area contributed by atoms with Crippen molar-refractivity contribution in [3.8, 4) is 0 Å². The molecule has 0 fully saturated rings. The minimum Gasteiger partial charge on any atom is -0.299 e. The maximum absolute atomic E-state index is 12.9. The van der Waals surface area contributed by atoms with E-state index in [1.54, 1.807) is 23.5 Å². The predicted molar refractivity (Wildman–Crippen MR) is 70.8 cm³/mol. The minimum atomic E-state index is -0.297. The third kappa shape index (κ3) is 3.75. The lowest BCUT2D eigenvalue weighted by Gasteiger charge is -2.00. The van der Waals surface area contributed by atoms with E-state index in [-0.39, 0.29) is 18.0 Å². The second kappa shape index (κ2) is 5.56. The Morgan fingerprint density at radius 2 is 2.06 bits per heavy atom. The van der Waals surface area contributed by atoms with E-state index in [9.17, 15) is 9.18 Å². The number of hydrogen-bond acceptors (Lipinski definition) is 2. The topological polar surface area (TPSA) is 17.1 Å². The second-order valence-corrected chi connectivity index (χ2v) is 6.28. The average molecular weight is 313 g/mol. The first-order valence-electron chi connectivity index (χ1n) is 5.14. The van der Waals surface area contributed by atoms with Crippen LogP contribution in [0.25, 0.3) is 0 Å². The SMILES string of the molecule is O=C(Cc1cccc(F)c1)Cc1ccc(Br)s1. The van der Waals surface area contributed by atoms with Gasteiger partial charge in [0.05, 0.1) is 3.79 Å². The molecule has 1 heterocycles. The van der Waals surface area contributed by atoms with E-state index >= 15 is 0 Å². The molecule has 2 aromatic rings. The summed E-state index contributed by atoms with van der Waals surface area (Å²) in [5.74, 6) is -0.195. The summed E-state index contributed by atoms with van der Waals surface area (Å²) in [6.07, 6.45) is 0.695. The number of ketones is 1. The monoisotopic (exact) mass is 312 g/mol. The van der Waals surface area contributed by atoms with Gasteiger partial charge in [-0.3, -0.25) is 4.79 Å². The molecule has 0 radical (unpaired) electrons. The van der Waals surface area contributed by atoms with Crippen LogP contribution in [0.2, 0.25) is 0 Å². The zero-order valence-corrected chi connectivity index (χ0v) is 11.4. The van der Waals surface area contributed by atoms with Crippen molar-refractivity contribution in [2.45, 2.75) is 12.8 Å². The Morgan fingerprint density at radius 3 is 2.71 bits per heavy atom. The summed E-state index contributed by atoms with van der Waals surface area (Å²) in [4.78, 5) is 12.8. The van der Waals surface area contributed by atoms with Crippen LogP contribution in [0.1, 0.15) is 10.4 Å². The Morgan fingerprint density at radius 1 is 1.24 bits per heavy atom. The highest BCUT2D eigenvalue weighted by Crippen LogP contribution is 2.22. The van der Waals surface area contributed by atoms with Gasteiger partial charge in [0.25, 0.3) is 0 Å². The molecule has 0 unspecified atom stereocenters. The number of rotatable bonds is 4. The van der Waals surface area contributed by atoms with Crippen molar-refractivity contribution < 1.29 is 9.18 Å². The standard InChI is InChI=1S/C13H10BrFOS/c14-13-5-4-12(17-13)8-11(16)7-9-2-1-3-10(15)6-9/h1-6H,7-8H2. The number of benzene rings is 1. The minimum absolute atomic E-state index is 0.102. The highest BCUT2D eigenvalue weighted by atomic mass is 79.9. The molecule has 88 valence electrons. The zero-order chi connectivity index (χ0) is 12.3. The fraction of sp³-hybridized carbons (Fsp3) is 0.154. The van der Waals surface area contributed by atoms with E-state index in [2.05, 4.69) is 15.9 Å². The lowest BCUT2D eigenvalue weighted by molar-refractivity contribution is -0.117. The molecule has 0 aliphatic heterocycles. The van der Waals surface area contributed by atoms with E-state index in [0.29, 0.717) is 6.42 Å². The second-order valence-electron chi connectivity index (χ2n) is 3.73. The van der Waals surface area contributed by atoms with Crippen LogP contribution in [-0.2, 0) is 17.6 Å². The van der Waals surface area contributed by atoms with Crippen molar-refractivity contribution in [1.29, 1.82) is 0 Å². The molecular weight excluding hydrogens is 303 g/mol. The summed E-state index contributed by atoms with van der Waals surface area (Å²) < 4.78 is 14.0. The molecule has 0 saturated carbocycles. The first-order valence-corrected chi connectivity index (χ1v) is 6.75. The van der Waals surface area contributed by atoms with Crippen LogP contribution in [0.3, 0.4) is 0 Å². The predicted octanol–water partition coefficient (Wildman–Crippen LogP) is 4.00. The first-order chi connectivity index (χ1) is 8.13. The highest BCUT2D eigenvalue weighted by molar-refractivity contribution is 9.11. The molecule has 17 heavy (non-hydrogen) atoms. The Balaban J connectivity index is 1.98. The number of thiophene rings is 1. The summed E-state index contributed by atoms with van der Waals surface area (Å²) in [7, 11) is 0. The van der Waals surface area contributed by atoms with Crippen molar-refractivity contribution in [3.05, 3.63) is 56.4 Å². The molecule has 0 amide bonds.